The van der Waals surface area contributed by atoms with Gasteiger partial charge in [-0.1, -0.05) is 18.2 Å². The van der Waals surface area contributed by atoms with Crippen LogP contribution >= 0.6 is 0 Å². The number of nitrogens with zero attached hydrogens (tertiary/aromatic N) is 2. The summed E-state index contributed by atoms with van der Waals surface area (Å²) in [5.41, 5.74) is 3.35. The van der Waals surface area contributed by atoms with Crippen LogP contribution in [0.2, 0.25) is 0 Å². The summed E-state index contributed by atoms with van der Waals surface area (Å²) in [5.74, 6) is 0. The van der Waals surface area contributed by atoms with E-state index in [0.29, 0.717) is 0 Å². The number of benzene rings is 1. The average molecular weight is 247 g/mol. The Kier molecular flexibility index (Phi) is 3.07. The van der Waals surface area contributed by atoms with E-state index < -0.39 is 0 Å². The van der Waals surface area contributed by atoms with Crippen molar-refractivity contribution in [3.05, 3.63) is 72.2 Å². The van der Waals surface area contributed by atoms with E-state index in [4.69, 9.17) is 0 Å². The molecule has 0 aliphatic carbocycles. The molecule has 0 saturated heterocycles. The molecule has 1 aromatic carbocycles. The molecule has 2 nitrogen and oxygen atoms in total. The van der Waals surface area contributed by atoms with Gasteiger partial charge in [0, 0.05) is 29.8 Å². The largest absolute Gasteiger partial charge is 0.257 e. The maximum absolute atomic E-state index is 4.29. The number of para-hydroxylation sites is 1. The number of aromatic nitrogens is 2. The first-order valence-corrected chi connectivity index (χ1v) is 6.31. The summed E-state index contributed by atoms with van der Waals surface area (Å²) in [7, 11) is 2.08. The van der Waals surface area contributed by atoms with Gasteiger partial charge in [0.15, 0.2) is 0 Å². The van der Waals surface area contributed by atoms with Gasteiger partial charge in [-0.3, -0.25) is 4.98 Å². The van der Waals surface area contributed by atoms with Crippen LogP contribution < -0.4 is 4.57 Å². The molecule has 0 atom stereocenters. The van der Waals surface area contributed by atoms with E-state index in [1.54, 1.807) is 6.20 Å². The SMILES string of the molecule is C[n+]1c(C=Cc2ccccn2)ccc2ccccc21. The van der Waals surface area contributed by atoms with E-state index in [9.17, 15) is 0 Å². The highest BCUT2D eigenvalue weighted by Crippen LogP contribution is 2.11. The van der Waals surface area contributed by atoms with E-state index in [2.05, 4.69) is 59.1 Å². The Labute approximate surface area is 112 Å². The van der Waals surface area contributed by atoms with Gasteiger partial charge in [0.05, 0.1) is 5.69 Å². The number of aryl methyl sites for hydroxylation is 1. The maximum atomic E-state index is 4.29. The molecule has 2 heterocycles. The lowest BCUT2D eigenvalue weighted by atomic mass is 10.2. The van der Waals surface area contributed by atoms with Crippen molar-refractivity contribution in [1.82, 2.24) is 4.98 Å². The van der Waals surface area contributed by atoms with Crippen molar-refractivity contribution in [2.24, 2.45) is 7.05 Å². The molecule has 19 heavy (non-hydrogen) atoms. The lowest BCUT2D eigenvalue weighted by Gasteiger charge is -1.99. The molecule has 0 spiro atoms. The number of pyridine rings is 2. The van der Waals surface area contributed by atoms with Crippen LogP contribution in [0.1, 0.15) is 11.4 Å². The number of hydrogen-bond acceptors (Lipinski definition) is 1. The van der Waals surface area contributed by atoms with Gasteiger partial charge in [-0.2, -0.15) is 4.57 Å². The molecule has 0 bridgehead atoms. The fraction of sp³-hybridized carbons (Fsp3) is 0.0588. The summed E-state index contributed by atoms with van der Waals surface area (Å²) in [4.78, 5) is 4.29. The molecule has 0 amide bonds. The minimum Gasteiger partial charge on any atom is -0.257 e. The quantitative estimate of drug-likeness (QED) is 0.635. The Balaban J connectivity index is 2.02. The van der Waals surface area contributed by atoms with Crippen LogP contribution in [0.4, 0.5) is 0 Å². The van der Waals surface area contributed by atoms with Crippen LogP contribution in [-0.2, 0) is 7.05 Å². The minimum absolute atomic E-state index is 0.968. The van der Waals surface area contributed by atoms with Crippen molar-refractivity contribution in [2.45, 2.75) is 0 Å². The third kappa shape index (κ3) is 2.38. The van der Waals surface area contributed by atoms with Gasteiger partial charge in [0.2, 0.25) is 11.2 Å². The normalized spacial score (nSPS) is 11.2. The molecule has 2 aromatic heterocycles. The Morgan fingerprint density at radius 2 is 1.74 bits per heavy atom. The number of hydrogen-bond donors (Lipinski definition) is 0. The van der Waals surface area contributed by atoms with Gasteiger partial charge in [-0.25, -0.2) is 0 Å². The molecule has 0 N–H and O–H groups in total. The summed E-state index contributed by atoms with van der Waals surface area (Å²) in [6, 6.07) is 18.6. The molecule has 2 heteroatoms. The third-order valence-corrected chi connectivity index (χ3v) is 3.23. The molecule has 3 aromatic rings. The molecule has 0 saturated carbocycles. The van der Waals surface area contributed by atoms with Crippen molar-refractivity contribution in [3.8, 4) is 0 Å². The highest BCUT2D eigenvalue weighted by Gasteiger charge is 2.07. The molecule has 92 valence electrons. The van der Waals surface area contributed by atoms with Gasteiger partial charge >= 0.3 is 0 Å². The summed E-state index contributed by atoms with van der Waals surface area (Å²) in [5, 5.41) is 1.25. The van der Waals surface area contributed by atoms with Crippen LogP contribution in [0.15, 0.2) is 60.8 Å². The summed E-state index contributed by atoms with van der Waals surface area (Å²) < 4.78 is 2.19. The van der Waals surface area contributed by atoms with Crippen molar-refractivity contribution in [1.29, 1.82) is 0 Å². The van der Waals surface area contributed by atoms with E-state index in [1.165, 1.54) is 10.9 Å². The van der Waals surface area contributed by atoms with Crippen molar-refractivity contribution >= 4 is 23.1 Å². The topological polar surface area (TPSA) is 16.8 Å². The van der Waals surface area contributed by atoms with E-state index in [1.807, 2.05) is 24.3 Å². The van der Waals surface area contributed by atoms with Crippen LogP contribution in [0, 0.1) is 0 Å². The zero-order chi connectivity index (χ0) is 13.1. The summed E-state index contributed by atoms with van der Waals surface area (Å²) >= 11 is 0. The third-order valence-electron chi connectivity index (χ3n) is 3.23. The Bertz CT molecular complexity index is 731. The van der Waals surface area contributed by atoms with Crippen LogP contribution in [-0.4, -0.2) is 4.98 Å². The molecule has 0 aliphatic rings. The first kappa shape index (κ1) is 11.6. The molecular formula is C17H15N2+. The Hall–Kier alpha value is -2.48. The van der Waals surface area contributed by atoms with Crippen molar-refractivity contribution in [3.63, 3.8) is 0 Å². The van der Waals surface area contributed by atoms with Crippen LogP contribution in [0.5, 0.6) is 0 Å². The van der Waals surface area contributed by atoms with Gasteiger partial charge in [0.25, 0.3) is 0 Å². The molecule has 0 unspecified atom stereocenters. The maximum Gasteiger partial charge on any atom is 0.212 e. The Morgan fingerprint density at radius 1 is 0.895 bits per heavy atom. The molecule has 3 rings (SSSR count). The molecule has 0 radical (unpaired) electrons. The Morgan fingerprint density at radius 3 is 2.58 bits per heavy atom. The lowest BCUT2D eigenvalue weighted by Crippen LogP contribution is -2.32. The molecule has 0 fully saturated rings. The number of rotatable bonds is 2. The second-order valence-corrected chi connectivity index (χ2v) is 4.46. The second-order valence-electron chi connectivity index (χ2n) is 4.46. The highest BCUT2D eigenvalue weighted by atomic mass is 14.9. The fourth-order valence-electron chi connectivity index (χ4n) is 2.17. The number of fused-ring (bicyclic) bond motifs is 1. The van der Waals surface area contributed by atoms with Gasteiger partial charge < -0.3 is 0 Å². The summed E-state index contributed by atoms with van der Waals surface area (Å²) in [6.45, 7) is 0. The predicted octanol–water partition coefficient (Wildman–Crippen LogP) is 3.23. The predicted molar refractivity (Wildman–Crippen MR) is 78.3 cm³/mol. The highest BCUT2D eigenvalue weighted by molar-refractivity contribution is 5.77. The molecule has 0 aliphatic heterocycles. The smallest absolute Gasteiger partial charge is 0.212 e. The lowest BCUT2D eigenvalue weighted by molar-refractivity contribution is -0.646. The van der Waals surface area contributed by atoms with Crippen molar-refractivity contribution in [2.75, 3.05) is 0 Å². The molecular weight excluding hydrogens is 232 g/mol. The van der Waals surface area contributed by atoms with Gasteiger partial charge in [0.1, 0.15) is 7.05 Å². The fourth-order valence-corrected chi connectivity index (χ4v) is 2.17. The van der Waals surface area contributed by atoms with E-state index in [0.717, 1.165) is 11.4 Å². The zero-order valence-corrected chi connectivity index (χ0v) is 10.8. The van der Waals surface area contributed by atoms with E-state index in [-0.39, 0.29) is 0 Å². The van der Waals surface area contributed by atoms with Crippen molar-refractivity contribution < 1.29 is 4.57 Å². The van der Waals surface area contributed by atoms with Crippen LogP contribution in [0.3, 0.4) is 0 Å². The van der Waals surface area contributed by atoms with Crippen LogP contribution in [0.25, 0.3) is 23.1 Å². The first-order valence-electron chi connectivity index (χ1n) is 6.31. The zero-order valence-electron chi connectivity index (χ0n) is 10.8. The standard InChI is InChI=1S/C17H15N2/c1-19-16(12-10-15-7-4-5-13-18-15)11-9-14-6-2-3-8-17(14)19/h2-13H,1H3/q+1. The first-order chi connectivity index (χ1) is 9.34. The van der Waals surface area contributed by atoms with E-state index >= 15 is 0 Å². The van der Waals surface area contributed by atoms with Gasteiger partial charge in [-0.05, 0) is 30.3 Å². The summed E-state index contributed by atoms with van der Waals surface area (Å²) in [6.07, 6.45) is 5.93. The monoisotopic (exact) mass is 247 g/mol. The van der Waals surface area contributed by atoms with Gasteiger partial charge in [-0.15, -0.1) is 0 Å². The average Bonchev–Trinajstić information content (AvgIpc) is 2.48. The minimum atomic E-state index is 0.968. The second kappa shape index (κ2) is 5.02.